The van der Waals surface area contributed by atoms with Gasteiger partial charge in [0, 0.05) is 6.42 Å². The van der Waals surface area contributed by atoms with Crippen molar-refractivity contribution < 1.29 is 27.9 Å². The van der Waals surface area contributed by atoms with Crippen LogP contribution in [0.2, 0.25) is 0 Å². The van der Waals surface area contributed by atoms with Crippen molar-refractivity contribution in [2.24, 2.45) is 5.92 Å². The molecular weight excluding hydrogens is 248 g/mol. The second kappa shape index (κ2) is 7.26. The van der Waals surface area contributed by atoms with E-state index in [1.54, 1.807) is 6.92 Å². The molecule has 0 aliphatic heterocycles. The first-order valence-electron chi connectivity index (χ1n) is 5.37. The third-order valence-electron chi connectivity index (χ3n) is 2.23. The Bertz CT molecular complexity index is 359. The highest BCUT2D eigenvalue weighted by Gasteiger charge is 2.17. The van der Waals surface area contributed by atoms with Crippen molar-refractivity contribution >= 4 is 21.8 Å². The number of aliphatic carboxylic acids is 1. The van der Waals surface area contributed by atoms with Crippen LogP contribution in [0, 0.1) is 5.92 Å². The molecule has 0 aromatic rings. The Morgan fingerprint density at radius 2 is 1.88 bits per heavy atom. The lowest BCUT2D eigenvalue weighted by Gasteiger charge is -2.07. The van der Waals surface area contributed by atoms with E-state index in [2.05, 4.69) is 4.74 Å². The zero-order valence-electron chi connectivity index (χ0n) is 10.0. The molecular formula is C10H18O6S. The van der Waals surface area contributed by atoms with Gasteiger partial charge in [-0.2, -0.15) is 0 Å². The van der Waals surface area contributed by atoms with Gasteiger partial charge in [-0.3, -0.25) is 9.59 Å². The van der Waals surface area contributed by atoms with Gasteiger partial charge in [-0.1, -0.05) is 13.8 Å². The second-order valence-corrected chi connectivity index (χ2v) is 6.06. The van der Waals surface area contributed by atoms with E-state index in [0.717, 1.165) is 0 Å². The summed E-state index contributed by atoms with van der Waals surface area (Å²) >= 11 is 0. The van der Waals surface area contributed by atoms with Crippen LogP contribution in [0.4, 0.5) is 0 Å². The lowest BCUT2D eigenvalue weighted by Crippen LogP contribution is -2.20. The molecule has 1 N–H and O–H groups in total. The molecule has 1 atom stereocenters. The molecule has 0 bridgehead atoms. The average molecular weight is 266 g/mol. The monoisotopic (exact) mass is 266 g/mol. The summed E-state index contributed by atoms with van der Waals surface area (Å²) in [6, 6.07) is 0. The number of carbonyl (C=O) groups excluding carboxylic acids is 1. The largest absolute Gasteiger partial charge is 0.481 e. The molecule has 100 valence electrons. The summed E-state index contributed by atoms with van der Waals surface area (Å²) in [4.78, 5) is 21.3. The van der Waals surface area contributed by atoms with Gasteiger partial charge in [-0.05, 0) is 6.42 Å². The molecule has 0 amide bonds. The van der Waals surface area contributed by atoms with Crippen molar-refractivity contribution in [1.82, 2.24) is 0 Å². The van der Waals surface area contributed by atoms with E-state index in [9.17, 15) is 18.0 Å². The highest BCUT2D eigenvalue weighted by Crippen LogP contribution is 2.05. The lowest BCUT2D eigenvalue weighted by molar-refractivity contribution is -0.143. The Hall–Kier alpha value is -1.11. The van der Waals surface area contributed by atoms with E-state index in [0.29, 0.717) is 0 Å². The van der Waals surface area contributed by atoms with Crippen LogP contribution in [0.15, 0.2) is 0 Å². The number of sulfone groups is 1. The van der Waals surface area contributed by atoms with E-state index < -0.39 is 27.7 Å². The molecule has 0 rings (SSSR count). The number of esters is 1. The van der Waals surface area contributed by atoms with Gasteiger partial charge in [-0.25, -0.2) is 8.42 Å². The smallest absolute Gasteiger partial charge is 0.306 e. The first-order valence-corrected chi connectivity index (χ1v) is 7.19. The van der Waals surface area contributed by atoms with Gasteiger partial charge in [0.05, 0.1) is 17.4 Å². The molecule has 1 unspecified atom stereocenters. The van der Waals surface area contributed by atoms with Crippen molar-refractivity contribution in [3.63, 3.8) is 0 Å². The summed E-state index contributed by atoms with van der Waals surface area (Å²) in [6.45, 7) is 2.90. The van der Waals surface area contributed by atoms with Gasteiger partial charge in [0.15, 0.2) is 9.84 Å². The topological polar surface area (TPSA) is 97.7 Å². The molecule has 7 heteroatoms. The summed E-state index contributed by atoms with van der Waals surface area (Å²) in [6.07, 6.45) is 0.273. The summed E-state index contributed by atoms with van der Waals surface area (Å²) < 4.78 is 27.5. The molecule has 17 heavy (non-hydrogen) atoms. The van der Waals surface area contributed by atoms with Gasteiger partial charge in [0.1, 0.15) is 6.61 Å². The fourth-order valence-corrected chi connectivity index (χ4v) is 2.22. The number of rotatable bonds is 8. The van der Waals surface area contributed by atoms with Gasteiger partial charge < -0.3 is 9.84 Å². The maximum atomic E-state index is 11.4. The molecule has 0 saturated carbocycles. The van der Waals surface area contributed by atoms with Crippen molar-refractivity contribution in [3.05, 3.63) is 0 Å². The van der Waals surface area contributed by atoms with Crippen molar-refractivity contribution in [2.45, 2.75) is 26.7 Å². The molecule has 0 spiro atoms. The van der Waals surface area contributed by atoms with Crippen LogP contribution in [-0.2, 0) is 24.2 Å². The average Bonchev–Trinajstić information content (AvgIpc) is 2.25. The number of carbonyl (C=O) groups is 2. The Labute approximate surface area is 101 Å². The van der Waals surface area contributed by atoms with Crippen LogP contribution in [0.5, 0.6) is 0 Å². The Balaban J connectivity index is 3.97. The SMILES string of the molecule is CCC(=O)OCCS(=O)(=O)CCC(C)C(=O)O. The van der Waals surface area contributed by atoms with Crippen molar-refractivity contribution in [2.75, 3.05) is 18.1 Å². The number of ether oxygens (including phenoxy) is 1. The van der Waals surface area contributed by atoms with Crippen LogP contribution in [-0.4, -0.2) is 43.6 Å². The maximum absolute atomic E-state index is 11.4. The highest BCUT2D eigenvalue weighted by molar-refractivity contribution is 7.91. The first-order chi connectivity index (χ1) is 7.78. The summed E-state index contributed by atoms with van der Waals surface area (Å²) in [5.41, 5.74) is 0. The predicted octanol–water partition coefficient (Wildman–Crippen LogP) is 0.465. The zero-order chi connectivity index (χ0) is 13.5. The standard InChI is InChI=1S/C10H18O6S/c1-3-9(11)16-5-7-17(14,15)6-4-8(2)10(12)13/h8H,3-7H2,1-2H3,(H,12,13). The van der Waals surface area contributed by atoms with Crippen LogP contribution >= 0.6 is 0 Å². The Morgan fingerprint density at radius 1 is 1.29 bits per heavy atom. The third kappa shape index (κ3) is 7.73. The summed E-state index contributed by atoms with van der Waals surface area (Å²) in [5.74, 6) is -2.62. The number of hydrogen-bond acceptors (Lipinski definition) is 5. The molecule has 0 aliphatic rings. The molecule has 0 aliphatic carbocycles. The Morgan fingerprint density at radius 3 is 2.35 bits per heavy atom. The van der Waals surface area contributed by atoms with E-state index in [1.807, 2.05) is 0 Å². The van der Waals surface area contributed by atoms with E-state index in [-0.39, 0.29) is 31.0 Å². The molecule has 0 radical (unpaired) electrons. The van der Waals surface area contributed by atoms with Crippen LogP contribution in [0.3, 0.4) is 0 Å². The highest BCUT2D eigenvalue weighted by atomic mass is 32.2. The van der Waals surface area contributed by atoms with Gasteiger partial charge in [0.2, 0.25) is 0 Å². The van der Waals surface area contributed by atoms with Crippen LogP contribution in [0.1, 0.15) is 26.7 Å². The molecule has 0 saturated heterocycles. The molecule has 0 aromatic carbocycles. The summed E-state index contributed by atoms with van der Waals surface area (Å²) in [7, 11) is -3.35. The molecule has 0 heterocycles. The van der Waals surface area contributed by atoms with Crippen LogP contribution in [0.25, 0.3) is 0 Å². The number of carboxylic acids is 1. The van der Waals surface area contributed by atoms with Gasteiger partial charge in [0.25, 0.3) is 0 Å². The van der Waals surface area contributed by atoms with E-state index in [1.165, 1.54) is 6.92 Å². The minimum Gasteiger partial charge on any atom is -0.481 e. The normalized spacial score (nSPS) is 13.1. The fraction of sp³-hybridized carbons (Fsp3) is 0.800. The molecule has 6 nitrogen and oxygen atoms in total. The number of carboxylic acid groups (broad SMARTS) is 1. The van der Waals surface area contributed by atoms with Crippen LogP contribution < -0.4 is 0 Å². The van der Waals surface area contributed by atoms with E-state index >= 15 is 0 Å². The zero-order valence-corrected chi connectivity index (χ0v) is 10.8. The molecule has 0 fully saturated rings. The minimum absolute atomic E-state index is 0.0688. The first kappa shape index (κ1) is 15.9. The summed E-state index contributed by atoms with van der Waals surface area (Å²) in [5, 5.41) is 8.60. The lowest BCUT2D eigenvalue weighted by atomic mass is 10.1. The number of hydrogen-bond donors (Lipinski definition) is 1. The molecule has 0 aromatic heterocycles. The van der Waals surface area contributed by atoms with Gasteiger partial charge >= 0.3 is 11.9 Å². The minimum atomic E-state index is -3.35. The third-order valence-corrected chi connectivity index (χ3v) is 3.88. The van der Waals surface area contributed by atoms with Crippen molar-refractivity contribution in [1.29, 1.82) is 0 Å². The predicted molar refractivity (Wildman–Crippen MR) is 61.3 cm³/mol. The van der Waals surface area contributed by atoms with Gasteiger partial charge in [-0.15, -0.1) is 0 Å². The van der Waals surface area contributed by atoms with E-state index in [4.69, 9.17) is 5.11 Å². The fourth-order valence-electron chi connectivity index (χ4n) is 0.966. The quantitative estimate of drug-likeness (QED) is 0.641. The Kier molecular flexibility index (Phi) is 6.79. The van der Waals surface area contributed by atoms with Crippen molar-refractivity contribution in [3.8, 4) is 0 Å². The second-order valence-electron chi connectivity index (χ2n) is 3.75. The maximum Gasteiger partial charge on any atom is 0.306 e.